The van der Waals surface area contributed by atoms with Crippen molar-refractivity contribution in [1.82, 2.24) is 9.55 Å². The Labute approximate surface area is 124 Å². The van der Waals surface area contributed by atoms with Gasteiger partial charge in [0, 0.05) is 6.04 Å². The van der Waals surface area contributed by atoms with Gasteiger partial charge in [-0.15, -0.1) is 0 Å². The van der Waals surface area contributed by atoms with E-state index in [4.69, 9.17) is 12.2 Å². The molecule has 3 rings (SSSR count). The third kappa shape index (κ3) is 2.30. The Hall–Kier alpha value is -1.16. The van der Waals surface area contributed by atoms with Gasteiger partial charge in [0.25, 0.3) is 0 Å². The molecule has 1 unspecified atom stereocenters. The summed E-state index contributed by atoms with van der Waals surface area (Å²) in [5.41, 5.74) is 1.46. The topological polar surface area (TPSA) is 20.7 Å². The third-order valence-corrected chi connectivity index (χ3v) is 4.94. The number of H-pyrrole nitrogens is 1. The summed E-state index contributed by atoms with van der Waals surface area (Å²) in [6, 6.07) is 5.61. The lowest BCUT2D eigenvalue weighted by Gasteiger charge is -2.31. The van der Waals surface area contributed by atoms with E-state index in [1.165, 1.54) is 38.2 Å². The van der Waals surface area contributed by atoms with Crippen LogP contribution in [0, 0.1) is 16.5 Å². The summed E-state index contributed by atoms with van der Waals surface area (Å²) in [7, 11) is 0. The third-order valence-electron chi connectivity index (χ3n) is 4.65. The fraction of sp³-hybridized carbons (Fsp3) is 0.562. The first-order valence-corrected chi connectivity index (χ1v) is 8.02. The molecule has 0 radical (unpaired) electrons. The second-order valence-corrected chi connectivity index (χ2v) is 6.19. The predicted octanol–water partition coefficient (Wildman–Crippen LogP) is 5.37. The lowest BCUT2D eigenvalue weighted by molar-refractivity contribution is 0.245. The minimum atomic E-state index is -0.217. The van der Waals surface area contributed by atoms with Crippen molar-refractivity contribution in [3.05, 3.63) is 28.8 Å². The van der Waals surface area contributed by atoms with Crippen LogP contribution < -0.4 is 0 Å². The van der Waals surface area contributed by atoms with Gasteiger partial charge in [-0.25, -0.2) is 4.39 Å². The maximum absolute atomic E-state index is 13.9. The highest BCUT2D eigenvalue weighted by Crippen LogP contribution is 2.36. The molecule has 0 amide bonds. The number of nitrogens with one attached hydrogen (secondary N) is 1. The lowest BCUT2D eigenvalue weighted by Crippen LogP contribution is -2.21. The van der Waals surface area contributed by atoms with Crippen LogP contribution in [0.1, 0.15) is 51.5 Å². The molecule has 0 spiro atoms. The molecule has 1 saturated carbocycles. The van der Waals surface area contributed by atoms with Crippen LogP contribution in [-0.4, -0.2) is 9.55 Å². The van der Waals surface area contributed by atoms with Crippen LogP contribution in [-0.2, 0) is 0 Å². The summed E-state index contributed by atoms with van der Waals surface area (Å²) >= 11 is 5.47. The predicted molar refractivity (Wildman–Crippen MR) is 83.0 cm³/mol. The summed E-state index contributed by atoms with van der Waals surface area (Å²) < 4.78 is 16.7. The highest BCUT2D eigenvalue weighted by atomic mass is 32.1. The largest absolute Gasteiger partial charge is 0.328 e. The monoisotopic (exact) mass is 292 g/mol. The number of para-hydroxylation sites is 1. The minimum absolute atomic E-state index is 0.217. The number of hydrogen-bond acceptors (Lipinski definition) is 1. The first-order valence-electron chi connectivity index (χ1n) is 7.61. The van der Waals surface area contributed by atoms with Gasteiger partial charge in [-0.05, 0) is 49.5 Å². The molecule has 2 nitrogen and oxygen atoms in total. The van der Waals surface area contributed by atoms with Crippen molar-refractivity contribution in [1.29, 1.82) is 0 Å². The number of aromatic amines is 1. The average Bonchev–Trinajstić information content (AvgIpc) is 2.80. The Kier molecular flexibility index (Phi) is 3.92. The zero-order valence-corrected chi connectivity index (χ0v) is 12.7. The van der Waals surface area contributed by atoms with Crippen LogP contribution in [0.3, 0.4) is 0 Å². The molecule has 0 aliphatic heterocycles. The maximum atomic E-state index is 13.9. The molecule has 20 heavy (non-hydrogen) atoms. The van der Waals surface area contributed by atoms with Crippen molar-refractivity contribution in [2.75, 3.05) is 0 Å². The van der Waals surface area contributed by atoms with Crippen molar-refractivity contribution in [2.24, 2.45) is 5.92 Å². The fourth-order valence-corrected chi connectivity index (χ4v) is 4.02. The SMILES string of the molecule is CCC(C1CCCCC1)n1c(=S)[nH]c2c(F)cccc21. The molecule has 1 atom stereocenters. The summed E-state index contributed by atoms with van der Waals surface area (Å²) in [5, 5.41) is 0. The minimum Gasteiger partial charge on any atom is -0.328 e. The van der Waals surface area contributed by atoms with Crippen LogP contribution in [0.4, 0.5) is 4.39 Å². The molecule has 0 bridgehead atoms. The molecular formula is C16H21FN2S. The van der Waals surface area contributed by atoms with E-state index in [2.05, 4.69) is 16.5 Å². The van der Waals surface area contributed by atoms with E-state index >= 15 is 0 Å². The van der Waals surface area contributed by atoms with Crippen molar-refractivity contribution < 1.29 is 4.39 Å². The Balaban J connectivity index is 2.09. The van der Waals surface area contributed by atoms with Gasteiger partial charge in [-0.2, -0.15) is 0 Å². The van der Waals surface area contributed by atoms with Crippen LogP contribution >= 0.6 is 12.2 Å². The second kappa shape index (κ2) is 5.68. The Morgan fingerprint density at radius 1 is 1.35 bits per heavy atom. The van der Waals surface area contributed by atoms with E-state index in [0.717, 1.165) is 11.9 Å². The number of hydrogen-bond donors (Lipinski definition) is 1. The molecule has 0 saturated heterocycles. The molecule has 2 aromatic rings. The van der Waals surface area contributed by atoms with Crippen molar-refractivity contribution in [3.8, 4) is 0 Å². The van der Waals surface area contributed by atoms with Gasteiger partial charge in [-0.1, -0.05) is 32.3 Å². The summed E-state index contributed by atoms with van der Waals surface area (Å²) in [6.07, 6.45) is 7.55. The fourth-order valence-electron chi connectivity index (χ4n) is 3.69. The molecule has 1 aliphatic carbocycles. The van der Waals surface area contributed by atoms with Crippen molar-refractivity contribution >= 4 is 23.3 Å². The standard InChI is InChI=1S/C16H21FN2S/c1-2-13(11-7-4-3-5-8-11)19-14-10-6-9-12(17)15(14)18-16(19)20/h6,9-11,13H,2-5,7-8H2,1H3,(H,18,20). The maximum Gasteiger partial charge on any atom is 0.178 e. The number of benzene rings is 1. The van der Waals surface area contributed by atoms with E-state index in [0.29, 0.717) is 22.2 Å². The smallest absolute Gasteiger partial charge is 0.178 e. The van der Waals surface area contributed by atoms with Crippen LogP contribution in [0.5, 0.6) is 0 Å². The highest BCUT2D eigenvalue weighted by molar-refractivity contribution is 7.71. The zero-order chi connectivity index (χ0) is 14.1. The Bertz CT molecular complexity index is 652. The van der Waals surface area contributed by atoms with Crippen molar-refractivity contribution in [3.63, 3.8) is 0 Å². The van der Waals surface area contributed by atoms with E-state index < -0.39 is 0 Å². The number of rotatable bonds is 3. The van der Waals surface area contributed by atoms with E-state index in [1.807, 2.05) is 6.07 Å². The van der Waals surface area contributed by atoms with Gasteiger partial charge in [-0.3, -0.25) is 0 Å². The molecular weight excluding hydrogens is 271 g/mol. The summed E-state index contributed by atoms with van der Waals surface area (Å²) in [4.78, 5) is 3.05. The quantitative estimate of drug-likeness (QED) is 0.754. The summed E-state index contributed by atoms with van der Waals surface area (Å²) in [6.45, 7) is 2.21. The molecule has 1 aromatic carbocycles. The first-order chi connectivity index (χ1) is 9.72. The van der Waals surface area contributed by atoms with Gasteiger partial charge >= 0.3 is 0 Å². The zero-order valence-electron chi connectivity index (χ0n) is 11.9. The molecule has 1 heterocycles. The molecule has 1 aliphatic rings. The summed E-state index contributed by atoms with van der Waals surface area (Å²) in [5.74, 6) is 0.452. The number of fused-ring (bicyclic) bond motifs is 1. The van der Waals surface area contributed by atoms with Crippen LogP contribution in [0.2, 0.25) is 0 Å². The van der Waals surface area contributed by atoms with Crippen LogP contribution in [0.25, 0.3) is 11.0 Å². The van der Waals surface area contributed by atoms with E-state index in [1.54, 1.807) is 6.07 Å². The average molecular weight is 292 g/mol. The van der Waals surface area contributed by atoms with Gasteiger partial charge in [0.1, 0.15) is 11.3 Å². The van der Waals surface area contributed by atoms with Gasteiger partial charge in [0.2, 0.25) is 0 Å². The Morgan fingerprint density at radius 2 is 2.10 bits per heavy atom. The Morgan fingerprint density at radius 3 is 2.80 bits per heavy atom. The van der Waals surface area contributed by atoms with Crippen LogP contribution in [0.15, 0.2) is 18.2 Å². The second-order valence-electron chi connectivity index (χ2n) is 5.81. The molecule has 4 heteroatoms. The van der Waals surface area contributed by atoms with E-state index in [-0.39, 0.29) is 5.82 Å². The molecule has 1 N–H and O–H groups in total. The van der Waals surface area contributed by atoms with E-state index in [9.17, 15) is 4.39 Å². The van der Waals surface area contributed by atoms with Crippen molar-refractivity contribution in [2.45, 2.75) is 51.5 Å². The number of imidazole rings is 1. The van der Waals surface area contributed by atoms with Gasteiger partial charge < -0.3 is 9.55 Å². The van der Waals surface area contributed by atoms with Gasteiger partial charge in [0.15, 0.2) is 4.77 Å². The lowest BCUT2D eigenvalue weighted by atomic mass is 9.83. The molecule has 1 aromatic heterocycles. The molecule has 1 fully saturated rings. The normalized spacial score (nSPS) is 18.5. The first kappa shape index (κ1) is 13.8. The number of aromatic nitrogens is 2. The number of halogens is 1. The molecule has 108 valence electrons. The van der Waals surface area contributed by atoms with Gasteiger partial charge in [0.05, 0.1) is 5.52 Å². The number of nitrogens with zero attached hydrogens (tertiary/aromatic N) is 1. The highest BCUT2D eigenvalue weighted by Gasteiger charge is 2.25.